The molecule has 0 aliphatic heterocycles. The van der Waals surface area contributed by atoms with Crippen LogP contribution in [-0.4, -0.2) is 96.7 Å². The second-order valence-corrected chi connectivity index (χ2v) is 35.0. The third-order valence-electron chi connectivity index (χ3n) is 20.8. The summed E-state index contributed by atoms with van der Waals surface area (Å²) < 4.78 is 68.9. The fourth-order valence-electron chi connectivity index (χ4n) is 13.8. The van der Waals surface area contributed by atoms with Gasteiger partial charge in [0.2, 0.25) is 0 Å². The van der Waals surface area contributed by atoms with Gasteiger partial charge in [-0.05, 0) is 31.6 Å². The van der Waals surface area contributed by atoms with Crippen molar-refractivity contribution >= 4 is 39.5 Å². The highest BCUT2D eigenvalue weighted by molar-refractivity contribution is 7.47. The molecule has 0 aromatic rings. The zero-order valence-corrected chi connectivity index (χ0v) is 72.1. The highest BCUT2D eigenvalue weighted by Gasteiger charge is 2.30. The SMILES string of the molecule is CCCCCCCCCCCCCCCCCCCCCCCCC(=O)O[C@H](COC(=O)CCCCCCCCCCCCCCCCCCCCC)COP(=O)(O)OC[C@@H](O)COP(=O)(O)OC[C@@H](COC(=O)CCCCCCCCCCC)OC(=O)CCCCCCCCCCCCCCCCC(C)C. The normalized spacial score (nSPS) is 13.7. The lowest BCUT2D eigenvalue weighted by molar-refractivity contribution is -0.161. The fourth-order valence-corrected chi connectivity index (χ4v) is 15.4. The summed E-state index contributed by atoms with van der Waals surface area (Å²) in [7, 11) is -9.93. The molecule has 0 bridgehead atoms. The van der Waals surface area contributed by atoms with E-state index in [1.165, 1.54) is 302 Å². The van der Waals surface area contributed by atoms with Crippen LogP contribution in [0.2, 0.25) is 0 Å². The first-order valence-electron chi connectivity index (χ1n) is 45.6. The highest BCUT2D eigenvalue weighted by atomic mass is 31.2. The number of unbranched alkanes of at least 4 members (excludes halogenated alkanes) is 60. The van der Waals surface area contributed by atoms with Crippen LogP contribution in [0.4, 0.5) is 0 Å². The second kappa shape index (κ2) is 80.7. The van der Waals surface area contributed by atoms with E-state index in [4.69, 9.17) is 37.0 Å². The van der Waals surface area contributed by atoms with E-state index in [2.05, 4.69) is 34.6 Å². The van der Waals surface area contributed by atoms with Crippen molar-refractivity contribution in [3.63, 3.8) is 0 Å². The Morgan fingerprint density at radius 2 is 0.430 bits per heavy atom. The summed E-state index contributed by atoms with van der Waals surface area (Å²) in [5.74, 6) is -1.30. The number of hydrogen-bond donors (Lipinski definition) is 3. The van der Waals surface area contributed by atoms with Crippen LogP contribution in [-0.2, 0) is 65.4 Å². The van der Waals surface area contributed by atoms with E-state index in [9.17, 15) is 43.2 Å². The Morgan fingerprint density at radius 1 is 0.252 bits per heavy atom. The molecule has 0 fully saturated rings. The first-order valence-corrected chi connectivity index (χ1v) is 48.6. The summed E-state index contributed by atoms with van der Waals surface area (Å²) in [6, 6.07) is 0. The maximum absolute atomic E-state index is 13.2. The number of hydrogen-bond acceptors (Lipinski definition) is 15. The molecule has 0 aliphatic rings. The molecule has 0 aromatic carbocycles. The lowest BCUT2D eigenvalue weighted by Gasteiger charge is -2.21. The van der Waals surface area contributed by atoms with E-state index in [0.717, 1.165) is 95.8 Å². The Balaban J connectivity index is 5.20. The molecular weight excluding hydrogens is 1390 g/mol. The molecule has 19 heteroatoms. The Morgan fingerprint density at radius 3 is 0.636 bits per heavy atom. The highest BCUT2D eigenvalue weighted by Crippen LogP contribution is 2.45. The van der Waals surface area contributed by atoms with E-state index < -0.39 is 97.5 Å². The Kier molecular flexibility index (Phi) is 79.2. The quantitative estimate of drug-likeness (QED) is 0.0222. The molecule has 17 nitrogen and oxygen atoms in total. The fraction of sp³-hybridized carbons (Fsp3) is 0.955. The van der Waals surface area contributed by atoms with Crippen LogP contribution < -0.4 is 0 Å². The molecule has 107 heavy (non-hydrogen) atoms. The van der Waals surface area contributed by atoms with Gasteiger partial charge in [-0.15, -0.1) is 0 Å². The summed E-state index contributed by atoms with van der Waals surface area (Å²) in [6.45, 7) is 7.38. The molecule has 3 N–H and O–H groups in total. The van der Waals surface area contributed by atoms with Gasteiger partial charge in [-0.25, -0.2) is 9.13 Å². The van der Waals surface area contributed by atoms with Crippen LogP contribution in [0.3, 0.4) is 0 Å². The summed E-state index contributed by atoms with van der Waals surface area (Å²) in [4.78, 5) is 73.2. The second-order valence-electron chi connectivity index (χ2n) is 32.1. The summed E-state index contributed by atoms with van der Waals surface area (Å²) in [5, 5.41) is 10.7. The van der Waals surface area contributed by atoms with Crippen molar-refractivity contribution in [2.45, 2.75) is 496 Å². The smallest absolute Gasteiger partial charge is 0.462 e. The van der Waals surface area contributed by atoms with Gasteiger partial charge in [0.05, 0.1) is 26.4 Å². The zero-order chi connectivity index (χ0) is 78.3. The summed E-state index contributed by atoms with van der Waals surface area (Å²) >= 11 is 0. The van der Waals surface area contributed by atoms with Gasteiger partial charge in [0.15, 0.2) is 12.2 Å². The zero-order valence-electron chi connectivity index (χ0n) is 70.3. The molecule has 636 valence electrons. The van der Waals surface area contributed by atoms with Gasteiger partial charge in [0.1, 0.15) is 19.3 Å². The van der Waals surface area contributed by atoms with Gasteiger partial charge < -0.3 is 33.8 Å². The molecule has 0 aromatic heterocycles. The minimum Gasteiger partial charge on any atom is -0.462 e. The van der Waals surface area contributed by atoms with Crippen LogP contribution in [0.25, 0.3) is 0 Å². The molecule has 5 atom stereocenters. The van der Waals surface area contributed by atoms with Crippen LogP contribution in [0.5, 0.6) is 0 Å². The molecule has 0 rings (SSSR count). The standard InChI is InChI=1S/C88H172O17P2/c1-6-9-12-15-18-21-23-25-27-29-31-32-33-35-37-39-44-48-53-58-63-68-73-88(93)105-84(78-99-86(91)72-67-62-57-52-47-43-38-36-34-30-28-26-24-22-19-16-13-10-7-2)80-103-107(96,97)101-76-82(89)75-100-106(94,95)102-79-83(77-98-85(90)71-66-61-56-50-20-17-14-11-8-3)104-87(92)74-69-64-59-54-49-45-41-40-42-46-51-55-60-65-70-81(4)5/h81-84,89H,6-80H2,1-5H3,(H,94,95)(H,96,97)/t82-,83+,84+/m0/s1. The van der Waals surface area contributed by atoms with Crippen molar-refractivity contribution < 1.29 is 80.2 Å². The number of aliphatic hydroxyl groups is 1. The van der Waals surface area contributed by atoms with E-state index in [0.29, 0.717) is 25.7 Å². The minimum atomic E-state index is -4.97. The topological polar surface area (TPSA) is 237 Å². The molecule has 2 unspecified atom stereocenters. The van der Waals surface area contributed by atoms with E-state index in [1.807, 2.05) is 0 Å². The van der Waals surface area contributed by atoms with Crippen molar-refractivity contribution in [2.75, 3.05) is 39.6 Å². The largest absolute Gasteiger partial charge is 0.472 e. The van der Waals surface area contributed by atoms with Crippen LogP contribution in [0.15, 0.2) is 0 Å². The molecule has 0 radical (unpaired) electrons. The van der Waals surface area contributed by atoms with E-state index >= 15 is 0 Å². The lowest BCUT2D eigenvalue weighted by Crippen LogP contribution is -2.30. The first-order chi connectivity index (χ1) is 52.0. The predicted octanol–water partition coefficient (Wildman–Crippen LogP) is 27.2. The summed E-state index contributed by atoms with van der Waals surface area (Å²) in [5.41, 5.74) is 0. The van der Waals surface area contributed by atoms with E-state index in [1.54, 1.807) is 0 Å². The molecular formula is C88H172O17P2. The molecule has 0 spiro atoms. The number of carbonyl (C=O) groups excluding carboxylic acids is 4. The van der Waals surface area contributed by atoms with Gasteiger partial charge >= 0.3 is 39.5 Å². The first kappa shape index (κ1) is 105. The van der Waals surface area contributed by atoms with Crippen LogP contribution in [0, 0.1) is 5.92 Å². The Bertz CT molecular complexity index is 2030. The maximum Gasteiger partial charge on any atom is 0.472 e. The lowest BCUT2D eigenvalue weighted by atomic mass is 10.0. The van der Waals surface area contributed by atoms with Crippen LogP contribution >= 0.6 is 15.6 Å². The van der Waals surface area contributed by atoms with Gasteiger partial charge in [0.25, 0.3) is 0 Å². The number of phosphoric acid groups is 2. The van der Waals surface area contributed by atoms with Gasteiger partial charge in [-0.3, -0.25) is 37.3 Å². The van der Waals surface area contributed by atoms with Crippen molar-refractivity contribution in [1.29, 1.82) is 0 Å². The molecule has 0 saturated carbocycles. The van der Waals surface area contributed by atoms with Crippen LogP contribution in [0.1, 0.15) is 478 Å². The number of ether oxygens (including phenoxy) is 4. The summed E-state index contributed by atoms with van der Waals surface area (Å²) in [6.07, 6.45) is 75.2. The molecule has 0 heterocycles. The Labute approximate surface area is 658 Å². The molecule has 0 amide bonds. The number of esters is 4. The Hall–Kier alpha value is -1.94. The minimum absolute atomic E-state index is 0.108. The monoisotopic (exact) mass is 1560 g/mol. The average molecular weight is 1560 g/mol. The van der Waals surface area contributed by atoms with Gasteiger partial charge in [0, 0.05) is 25.7 Å². The van der Waals surface area contributed by atoms with Crippen molar-refractivity contribution in [3.8, 4) is 0 Å². The maximum atomic E-state index is 13.2. The molecule has 0 aliphatic carbocycles. The predicted molar refractivity (Wildman–Crippen MR) is 442 cm³/mol. The number of aliphatic hydroxyl groups excluding tert-OH is 1. The van der Waals surface area contributed by atoms with E-state index in [-0.39, 0.29) is 25.7 Å². The number of carbonyl (C=O) groups is 4. The number of rotatable bonds is 88. The van der Waals surface area contributed by atoms with Crippen molar-refractivity contribution in [2.24, 2.45) is 5.92 Å². The third kappa shape index (κ3) is 81.9. The van der Waals surface area contributed by atoms with Crippen molar-refractivity contribution in [3.05, 3.63) is 0 Å². The number of phosphoric ester groups is 2. The van der Waals surface area contributed by atoms with Gasteiger partial charge in [-0.2, -0.15) is 0 Å². The van der Waals surface area contributed by atoms with Crippen molar-refractivity contribution in [1.82, 2.24) is 0 Å². The third-order valence-corrected chi connectivity index (χ3v) is 22.7. The molecule has 0 saturated heterocycles. The van der Waals surface area contributed by atoms with Gasteiger partial charge in [-0.1, -0.05) is 426 Å². The average Bonchev–Trinajstić information content (AvgIpc) is 0.901.